The molecule has 1 aliphatic heterocycles. The van der Waals surface area contributed by atoms with Crippen LogP contribution < -0.4 is 4.74 Å². The number of amides is 1. The Labute approximate surface area is 140 Å². The van der Waals surface area contributed by atoms with Crippen molar-refractivity contribution in [3.8, 4) is 5.75 Å². The SMILES string of the molecule is CN(CCN1CCOCC1)C(=O)COc1ccc(Cl)cc1Cl. The van der Waals surface area contributed by atoms with Gasteiger partial charge in [0.25, 0.3) is 5.91 Å². The van der Waals surface area contributed by atoms with E-state index in [2.05, 4.69) is 4.90 Å². The van der Waals surface area contributed by atoms with E-state index in [1.807, 2.05) is 0 Å². The molecule has 1 aromatic carbocycles. The van der Waals surface area contributed by atoms with Gasteiger partial charge in [-0.15, -0.1) is 0 Å². The number of likely N-dealkylation sites (N-methyl/N-ethyl adjacent to an activating group) is 1. The molecule has 0 aliphatic carbocycles. The van der Waals surface area contributed by atoms with Crippen molar-refractivity contribution in [1.29, 1.82) is 0 Å². The Kier molecular flexibility index (Phi) is 6.76. The average Bonchev–Trinajstić information content (AvgIpc) is 2.52. The standard InChI is InChI=1S/C15H20Cl2N2O3/c1-18(4-5-19-6-8-21-9-7-19)15(20)11-22-14-3-2-12(16)10-13(14)17/h2-3,10H,4-9,11H2,1H3. The number of carbonyl (C=O) groups is 1. The van der Waals surface area contributed by atoms with Crippen LogP contribution in [0.25, 0.3) is 0 Å². The fourth-order valence-electron chi connectivity index (χ4n) is 2.08. The van der Waals surface area contributed by atoms with E-state index in [0.717, 1.165) is 32.8 Å². The molecule has 0 N–H and O–H groups in total. The Hall–Kier alpha value is -1.01. The Morgan fingerprint density at radius 2 is 2.09 bits per heavy atom. The molecule has 0 radical (unpaired) electrons. The molecule has 0 atom stereocenters. The maximum absolute atomic E-state index is 12.1. The van der Waals surface area contributed by atoms with Gasteiger partial charge >= 0.3 is 0 Å². The molecule has 22 heavy (non-hydrogen) atoms. The summed E-state index contributed by atoms with van der Waals surface area (Å²) in [5.74, 6) is 0.375. The number of benzene rings is 1. The summed E-state index contributed by atoms with van der Waals surface area (Å²) in [7, 11) is 1.77. The molecule has 1 aromatic rings. The number of hydrogen-bond donors (Lipinski definition) is 0. The quantitative estimate of drug-likeness (QED) is 0.791. The second-order valence-electron chi connectivity index (χ2n) is 5.13. The van der Waals surface area contributed by atoms with Gasteiger partial charge in [-0.1, -0.05) is 23.2 Å². The van der Waals surface area contributed by atoms with Crippen molar-refractivity contribution in [1.82, 2.24) is 9.80 Å². The van der Waals surface area contributed by atoms with Gasteiger partial charge in [0.05, 0.1) is 18.2 Å². The van der Waals surface area contributed by atoms with Gasteiger partial charge in [-0.2, -0.15) is 0 Å². The largest absolute Gasteiger partial charge is 0.482 e. The van der Waals surface area contributed by atoms with Crippen LogP contribution in [0.4, 0.5) is 0 Å². The number of rotatable bonds is 6. The Bertz CT molecular complexity index is 508. The Morgan fingerprint density at radius 3 is 2.77 bits per heavy atom. The van der Waals surface area contributed by atoms with Crippen LogP contribution in [0.2, 0.25) is 10.0 Å². The molecule has 1 fully saturated rings. The highest BCUT2D eigenvalue weighted by Gasteiger charge is 2.14. The van der Waals surface area contributed by atoms with E-state index in [4.69, 9.17) is 32.7 Å². The van der Waals surface area contributed by atoms with Crippen molar-refractivity contribution in [2.45, 2.75) is 0 Å². The molecule has 0 aromatic heterocycles. The summed E-state index contributed by atoms with van der Waals surface area (Å²) in [4.78, 5) is 16.0. The molecule has 1 amide bonds. The molecule has 2 rings (SSSR count). The van der Waals surface area contributed by atoms with Crippen LogP contribution in [0.3, 0.4) is 0 Å². The van der Waals surface area contributed by atoms with Crippen molar-refractivity contribution in [2.75, 3.05) is 53.0 Å². The highest BCUT2D eigenvalue weighted by Crippen LogP contribution is 2.27. The number of nitrogens with zero attached hydrogens (tertiary/aromatic N) is 2. The van der Waals surface area contributed by atoms with E-state index in [-0.39, 0.29) is 12.5 Å². The minimum Gasteiger partial charge on any atom is -0.482 e. The molecule has 0 spiro atoms. The first-order chi connectivity index (χ1) is 10.6. The summed E-state index contributed by atoms with van der Waals surface area (Å²) >= 11 is 11.8. The minimum absolute atomic E-state index is 0.0407. The molecule has 1 aliphatic rings. The van der Waals surface area contributed by atoms with Gasteiger partial charge in [0.2, 0.25) is 0 Å². The topological polar surface area (TPSA) is 42.0 Å². The van der Waals surface area contributed by atoms with E-state index in [0.29, 0.717) is 22.3 Å². The van der Waals surface area contributed by atoms with Gasteiger partial charge in [0.1, 0.15) is 5.75 Å². The van der Waals surface area contributed by atoms with E-state index >= 15 is 0 Å². The van der Waals surface area contributed by atoms with Gasteiger partial charge in [-0.25, -0.2) is 0 Å². The predicted octanol–water partition coefficient (Wildman–Crippen LogP) is 2.16. The van der Waals surface area contributed by atoms with Crippen molar-refractivity contribution in [2.24, 2.45) is 0 Å². The fraction of sp³-hybridized carbons (Fsp3) is 0.533. The van der Waals surface area contributed by atoms with Crippen LogP contribution in [0.1, 0.15) is 0 Å². The molecule has 1 heterocycles. The number of carbonyl (C=O) groups excluding carboxylic acids is 1. The predicted molar refractivity (Wildman–Crippen MR) is 86.9 cm³/mol. The van der Waals surface area contributed by atoms with Gasteiger partial charge in [0, 0.05) is 38.2 Å². The van der Waals surface area contributed by atoms with Crippen LogP contribution in [0.15, 0.2) is 18.2 Å². The van der Waals surface area contributed by atoms with E-state index in [1.54, 1.807) is 30.1 Å². The number of morpholine rings is 1. The lowest BCUT2D eigenvalue weighted by molar-refractivity contribution is -0.132. The minimum atomic E-state index is -0.0840. The number of ether oxygens (including phenoxy) is 2. The molecular weight excluding hydrogens is 327 g/mol. The second kappa shape index (κ2) is 8.58. The van der Waals surface area contributed by atoms with Crippen LogP contribution >= 0.6 is 23.2 Å². The van der Waals surface area contributed by atoms with E-state index in [1.165, 1.54) is 0 Å². The Balaban J connectivity index is 1.73. The third-order valence-electron chi connectivity index (χ3n) is 3.53. The number of hydrogen-bond acceptors (Lipinski definition) is 4. The molecule has 7 heteroatoms. The highest BCUT2D eigenvalue weighted by atomic mass is 35.5. The molecular formula is C15H20Cl2N2O3. The summed E-state index contributed by atoms with van der Waals surface area (Å²) in [6.07, 6.45) is 0. The van der Waals surface area contributed by atoms with Crippen molar-refractivity contribution in [3.05, 3.63) is 28.2 Å². The first kappa shape index (κ1) is 17.3. The lowest BCUT2D eigenvalue weighted by atomic mass is 10.3. The summed E-state index contributed by atoms with van der Waals surface area (Å²) in [6.45, 7) is 4.81. The Morgan fingerprint density at radius 1 is 1.36 bits per heavy atom. The highest BCUT2D eigenvalue weighted by molar-refractivity contribution is 6.35. The summed E-state index contributed by atoms with van der Waals surface area (Å²) < 4.78 is 10.7. The molecule has 122 valence electrons. The molecule has 5 nitrogen and oxygen atoms in total. The van der Waals surface area contributed by atoms with Crippen LogP contribution in [-0.2, 0) is 9.53 Å². The zero-order valence-corrected chi connectivity index (χ0v) is 14.1. The van der Waals surface area contributed by atoms with Crippen molar-refractivity contribution < 1.29 is 14.3 Å². The molecule has 0 bridgehead atoms. The third kappa shape index (κ3) is 5.32. The number of halogens is 2. The van der Waals surface area contributed by atoms with Gasteiger partial charge in [0.15, 0.2) is 6.61 Å². The first-order valence-corrected chi connectivity index (χ1v) is 7.94. The second-order valence-corrected chi connectivity index (χ2v) is 5.98. The summed E-state index contributed by atoms with van der Waals surface area (Å²) in [5, 5.41) is 0.933. The summed E-state index contributed by atoms with van der Waals surface area (Å²) in [6, 6.07) is 4.92. The van der Waals surface area contributed by atoms with Crippen LogP contribution in [0.5, 0.6) is 5.75 Å². The van der Waals surface area contributed by atoms with E-state index < -0.39 is 0 Å². The average molecular weight is 347 g/mol. The molecule has 0 saturated carbocycles. The zero-order valence-electron chi connectivity index (χ0n) is 12.6. The first-order valence-electron chi connectivity index (χ1n) is 7.18. The lowest BCUT2D eigenvalue weighted by Crippen LogP contribution is -2.42. The third-order valence-corrected chi connectivity index (χ3v) is 4.06. The smallest absolute Gasteiger partial charge is 0.260 e. The van der Waals surface area contributed by atoms with Crippen molar-refractivity contribution >= 4 is 29.1 Å². The van der Waals surface area contributed by atoms with Crippen molar-refractivity contribution in [3.63, 3.8) is 0 Å². The maximum Gasteiger partial charge on any atom is 0.260 e. The van der Waals surface area contributed by atoms with E-state index in [9.17, 15) is 4.79 Å². The van der Waals surface area contributed by atoms with Crippen LogP contribution in [-0.4, -0.2) is 68.8 Å². The molecule has 0 unspecified atom stereocenters. The van der Waals surface area contributed by atoms with Gasteiger partial charge in [-0.05, 0) is 18.2 Å². The monoisotopic (exact) mass is 346 g/mol. The van der Waals surface area contributed by atoms with Crippen LogP contribution in [0, 0.1) is 0 Å². The molecule has 1 saturated heterocycles. The van der Waals surface area contributed by atoms with Gasteiger partial charge < -0.3 is 14.4 Å². The summed E-state index contributed by atoms with van der Waals surface area (Å²) in [5.41, 5.74) is 0. The normalized spacial score (nSPS) is 15.6. The zero-order chi connectivity index (χ0) is 15.9. The van der Waals surface area contributed by atoms with Gasteiger partial charge in [-0.3, -0.25) is 9.69 Å². The fourth-order valence-corrected chi connectivity index (χ4v) is 2.55. The maximum atomic E-state index is 12.1. The lowest BCUT2D eigenvalue weighted by Gasteiger charge is -2.28.